The Morgan fingerprint density at radius 3 is 2.78 bits per heavy atom. The van der Waals surface area contributed by atoms with Crippen LogP contribution in [-0.2, 0) is 13.0 Å². The maximum Gasteiger partial charge on any atom is 0.191 e. The molecular formula is C13H24N4S. The fraction of sp³-hybridized carbons (Fsp3) is 0.692. The van der Waals surface area contributed by atoms with Crippen LogP contribution < -0.4 is 10.6 Å². The Balaban J connectivity index is 2.58. The lowest BCUT2D eigenvalue weighted by Gasteiger charge is -2.15. The van der Waals surface area contributed by atoms with Gasteiger partial charge in [0.25, 0.3) is 0 Å². The van der Waals surface area contributed by atoms with Gasteiger partial charge in [0.2, 0.25) is 0 Å². The monoisotopic (exact) mass is 268 g/mol. The summed E-state index contributed by atoms with van der Waals surface area (Å²) in [6.45, 7) is 10.1. The van der Waals surface area contributed by atoms with Crippen LogP contribution in [0.5, 0.6) is 0 Å². The third-order valence-corrected chi connectivity index (χ3v) is 3.79. The molecule has 0 aliphatic heterocycles. The van der Waals surface area contributed by atoms with Crippen molar-refractivity contribution in [2.75, 3.05) is 6.54 Å². The van der Waals surface area contributed by atoms with E-state index >= 15 is 0 Å². The van der Waals surface area contributed by atoms with Crippen molar-refractivity contribution in [2.24, 2.45) is 4.99 Å². The van der Waals surface area contributed by atoms with Gasteiger partial charge in [-0.05, 0) is 26.7 Å². The van der Waals surface area contributed by atoms with Crippen LogP contribution in [0.1, 0.15) is 44.0 Å². The number of aliphatic imine (C=N–C) groups is 1. The molecule has 1 aromatic rings. The third-order valence-electron chi connectivity index (χ3n) is 2.66. The second-order valence-corrected chi connectivity index (χ2v) is 5.42. The molecule has 1 heterocycles. The van der Waals surface area contributed by atoms with Gasteiger partial charge in [0.05, 0.1) is 6.54 Å². The zero-order valence-electron chi connectivity index (χ0n) is 11.8. The molecule has 0 bridgehead atoms. The lowest BCUT2D eigenvalue weighted by atomic mass is 10.3. The molecule has 1 rings (SSSR count). The van der Waals surface area contributed by atoms with Gasteiger partial charge in [-0.3, -0.25) is 0 Å². The number of aryl methyl sites for hydroxylation is 1. The van der Waals surface area contributed by atoms with Crippen LogP contribution in [0.25, 0.3) is 0 Å². The first-order valence-corrected chi connectivity index (χ1v) is 7.49. The van der Waals surface area contributed by atoms with Crippen LogP contribution >= 0.6 is 11.3 Å². The molecule has 102 valence electrons. The first-order chi connectivity index (χ1) is 8.69. The number of thiazole rings is 1. The molecule has 1 unspecified atom stereocenters. The molecule has 0 saturated heterocycles. The largest absolute Gasteiger partial charge is 0.357 e. The van der Waals surface area contributed by atoms with Crippen molar-refractivity contribution in [1.29, 1.82) is 0 Å². The molecule has 0 fully saturated rings. The maximum atomic E-state index is 4.56. The Morgan fingerprint density at radius 1 is 1.44 bits per heavy atom. The standard InChI is InChI=1S/C13H24N4S/c1-5-10(4)17-13(14-7-3)16-9-12-15-8-11(6-2)18-12/h8,10H,5-7,9H2,1-4H3,(H2,14,16,17). The highest BCUT2D eigenvalue weighted by atomic mass is 32.1. The highest BCUT2D eigenvalue weighted by Crippen LogP contribution is 2.13. The smallest absolute Gasteiger partial charge is 0.191 e. The topological polar surface area (TPSA) is 49.3 Å². The fourth-order valence-corrected chi connectivity index (χ4v) is 2.17. The Hall–Kier alpha value is -1.10. The van der Waals surface area contributed by atoms with E-state index in [1.807, 2.05) is 6.20 Å². The van der Waals surface area contributed by atoms with Gasteiger partial charge >= 0.3 is 0 Å². The van der Waals surface area contributed by atoms with Gasteiger partial charge in [0.15, 0.2) is 5.96 Å². The maximum absolute atomic E-state index is 4.56. The van der Waals surface area contributed by atoms with Crippen LogP contribution in [0.4, 0.5) is 0 Å². The second-order valence-electron chi connectivity index (χ2n) is 4.22. The van der Waals surface area contributed by atoms with E-state index in [9.17, 15) is 0 Å². The van der Waals surface area contributed by atoms with Crippen molar-refractivity contribution >= 4 is 17.3 Å². The van der Waals surface area contributed by atoms with Gasteiger partial charge in [-0.1, -0.05) is 13.8 Å². The van der Waals surface area contributed by atoms with E-state index in [1.54, 1.807) is 11.3 Å². The van der Waals surface area contributed by atoms with Crippen molar-refractivity contribution in [3.63, 3.8) is 0 Å². The van der Waals surface area contributed by atoms with Crippen molar-refractivity contribution in [3.05, 3.63) is 16.1 Å². The van der Waals surface area contributed by atoms with E-state index < -0.39 is 0 Å². The molecule has 0 radical (unpaired) electrons. The summed E-state index contributed by atoms with van der Waals surface area (Å²) in [6.07, 6.45) is 4.08. The Bertz CT molecular complexity index is 373. The quantitative estimate of drug-likeness (QED) is 0.616. The Labute approximate surface area is 114 Å². The van der Waals surface area contributed by atoms with E-state index in [0.717, 1.165) is 30.4 Å². The minimum Gasteiger partial charge on any atom is -0.357 e. The van der Waals surface area contributed by atoms with Gasteiger partial charge in [0.1, 0.15) is 5.01 Å². The van der Waals surface area contributed by atoms with E-state index in [0.29, 0.717) is 12.6 Å². The second kappa shape index (κ2) is 8.08. The van der Waals surface area contributed by atoms with Crippen LogP contribution in [0.3, 0.4) is 0 Å². The van der Waals surface area contributed by atoms with Gasteiger partial charge in [-0.25, -0.2) is 9.98 Å². The highest BCUT2D eigenvalue weighted by Gasteiger charge is 2.04. The Morgan fingerprint density at radius 2 is 2.22 bits per heavy atom. The number of aromatic nitrogens is 1. The van der Waals surface area contributed by atoms with Crippen LogP contribution in [0.2, 0.25) is 0 Å². The van der Waals surface area contributed by atoms with E-state index in [4.69, 9.17) is 0 Å². The summed E-state index contributed by atoms with van der Waals surface area (Å²) in [7, 11) is 0. The SMILES string of the molecule is CCNC(=NCc1ncc(CC)s1)NC(C)CC. The van der Waals surface area contributed by atoms with Gasteiger partial charge in [0, 0.05) is 23.7 Å². The van der Waals surface area contributed by atoms with Crippen molar-refractivity contribution in [1.82, 2.24) is 15.6 Å². The summed E-state index contributed by atoms with van der Waals surface area (Å²) in [5, 5.41) is 7.71. The highest BCUT2D eigenvalue weighted by molar-refractivity contribution is 7.11. The molecule has 2 N–H and O–H groups in total. The number of nitrogens with one attached hydrogen (secondary N) is 2. The molecule has 0 spiro atoms. The number of guanidine groups is 1. The average Bonchev–Trinajstić information content (AvgIpc) is 2.84. The number of hydrogen-bond donors (Lipinski definition) is 2. The first-order valence-electron chi connectivity index (χ1n) is 6.67. The third kappa shape index (κ3) is 5.04. The van der Waals surface area contributed by atoms with Crippen LogP contribution in [0.15, 0.2) is 11.2 Å². The zero-order chi connectivity index (χ0) is 13.4. The number of nitrogens with zero attached hydrogens (tertiary/aromatic N) is 2. The van der Waals surface area contributed by atoms with Crippen molar-refractivity contribution in [2.45, 2.75) is 53.1 Å². The summed E-state index contributed by atoms with van der Waals surface area (Å²) >= 11 is 1.74. The van der Waals surface area contributed by atoms with Crippen molar-refractivity contribution < 1.29 is 0 Å². The predicted molar refractivity (Wildman–Crippen MR) is 79.2 cm³/mol. The van der Waals surface area contributed by atoms with Gasteiger partial charge < -0.3 is 10.6 Å². The van der Waals surface area contributed by atoms with Crippen LogP contribution in [-0.4, -0.2) is 23.5 Å². The van der Waals surface area contributed by atoms with Crippen LogP contribution in [0, 0.1) is 0 Å². The van der Waals surface area contributed by atoms with Gasteiger partial charge in [-0.15, -0.1) is 11.3 Å². The number of rotatable bonds is 6. The average molecular weight is 268 g/mol. The van der Waals surface area contributed by atoms with E-state index in [-0.39, 0.29) is 0 Å². The van der Waals surface area contributed by atoms with Crippen molar-refractivity contribution in [3.8, 4) is 0 Å². The molecule has 18 heavy (non-hydrogen) atoms. The molecule has 5 heteroatoms. The molecule has 0 aliphatic carbocycles. The Kier molecular flexibility index (Phi) is 6.72. The molecule has 0 amide bonds. The lowest BCUT2D eigenvalue weighted by Crippen LogP contribution is -2.41. The summed E-state index contributed by atoms with van der Waals surface area (Å²) < 4.78 is 0. The minimum absolute atomic E-state index is 0.435. The minimum atomic E-state index is 0.435. The fourth-order valence-electron chi connectivity index (χ4n) is 1.39. The normalized spacial score (nSPS) is 13.4. The summed E-state index contributed by atoms with van der Waals surface area (Å²) in [5.74, 6) is 0.875. The molecular weight excluding hydrogens is 244 g/mol. The van der Waals surface area contributed by atoms with Gasteiger partial charge in [-0.2, -0.15) is 0 Å². The molecule has 4 nitrogen and oxygen atoms in total. The molecule has 0 aliphatic rings. The van der Waals surface area contributed by atoms with E-state index in [1.165, 1.54) is 4.88 Å². The summed E-state index contributed by atoms with van der Waals surface area (Å²) in [4.78, 5) is 10.3. The molecule has 0 aromatic carbocycles. The first kappa shape index (κ1) is 15.0. The van der Waals surface area contributed by atoms with E-state index in [2.05, 4.69) is 48.3 Å². The number of hydrogen-bond acceptors (Lipinski definition) is 3. The molecule has 1 atom stereocenters. The molecule has 0 saturated carbocycles. The summed E-state index contributed by atoms with van der Waals surface area (Å²) in [6, 6.07) is 0.435. The lowest BCUT2D eigenvalue weighted by molar-refractivity contribution is 0.624. The predicted octanol–water partition coefficient (Wildman–Crippen LogP) is 2.56. The zero-order valence-corrected chi connectivity index (χ0v) is 12.6. The summed E-state index contributed by atoms with van der Waals surface area (Å²) in [5.41, 5.74) is 0. The molecule has 1 aromatic heterocycles.